The third kappa shape index (κ3) is 5.69. The van der Waals surface area contributed by atoms with Crippen molar-refractivity contribution in [1.82, 2.24) is 0 Å². The fourth-order valence-corrected chi connectivity index (χ4v) is 1.13. The zero-order valence-corrected chi connectivity index (χ0v) is 9.87. The SMILES string of the molecule is CC(O[C]=O)OC(=O)OC/C=C/c1ccccc1. The summed E-state index contributed by atoms with van der Waals surface area (Å²) in [6.07, 6.45) is 1.57. The van der Waals surface area contributed by atoms with Gasteiger partial charge in [0.2, 0.25) is 6.29 Å². The molecule has 0 heterocycles. The molecule has 0 amide bonds. The van der Waals surface area contributed by atoms with E-state index in [9.17, 15) is 9.59 Å². The van der Waals surface area contributed by atoms with Gasteiger partial charge in [0.25, 0.3) is 0 Å². The molecule has 1 aromatic carbocycles. The number of hydrogen-bond donors (Lipinski definition) is 0. The summed E-state index contributed by atoms with van der Waals surface area (Å²) in [5.74, 6) is 0. The summed E-state index contributed by atoms with van der Waals surface area (Å²) < 4.78 is 13.5. The minimum absolute atomic E-state index is 0.0747. The molecule has 1 atom stereocenters. The molecule has 5 heteroatoms. The molecule has 0 aliphatic heterocycles. The van der Waals surface area contributed by atoms with Gasteiger partial charge in [-0.2, -0.15) is 0 Å². The van der Waals surface area contributed by atoms with Gasteiger partial charge in [0.15, 0.2) is 0 Å². The molecule has 18 heavy (non-hydrogen) atoms. The van der Waals surface area contributed by atoms with Crippen molar-refractivity contribution >= 4 is 18.7 Å². The maximum atomic E-state index is 11.1. The lowest BCUT2D eigenvalue weighted by molar-refractivity contribution is -0.0581. The second-order valence-corrected chi connectivity index (χ2v) is 3.26. The molecular weight excluding hydrogens is 236 g/mol. The van der Waals surface area contributed by atoms with E-state index < -0.39 is 12.4 Å². The Kier molecular flexibility index (Phi) is 6.03. The van der Waals surface area contributed by atoms with Crippen molar-refractivity contribution < 1.29 is 23.8 Å². The molecule has 0 spiro atoms. The highest BCUT2D eigenvalue weighted by Gasteiger charge is 2.09. The van der Waals surface area contributed by atoms with Crippen molar-refractivity contribution in [1.29, 1.82) is 0 Å². The molecule has 0 bridgehead atoms. The summed E-state index contributed by atoms with van der Waals surface area (Å²) >= 11 is 0. The lowest BCUT2D eigenvalue weighted by Crippen LogP contribution is -2.18. The molecule has 0 fully saturated rings. The molecule has 0 saturated carbocycles. The summed E-state index contributed by atoms with van der Waals surface area (Å²) in [6, 6.07) is 9.57. The molecule has 1 unspecified atom stereocenters. The smallest absolute Gasteiger partial charge is 0.430 e. The van der Waals surface area contributed by atoms with Crippen LogP contribution in [0.5, 0.6) is 0 Å². The van der Waals surface area contributed by atoms with Crippen LogP contribution >= 0.6 is 0 Å². The first-order valence-electron chi connectivity index (χ1n) is 5.30. The van der Waals surface area contributed by atoms with Crippen LogP contribution in [-0.2, 0) is 19.0 Å². The summed E-state index contributed by atoms with van der Waals surface area (Å²) in [4.78, 5) is 20.9. The van der Waals surface area contributed by atoms with Crippen LogP contribution in [0.1, 0.15) is 12.5 Å². The highest BCUT2D eigenvalue weighted by atomic mass is 16.8. The maximum absolute atomic E-state index is 11.1. The Bertz CT molecular complexity index is 399. The molecule has 5 nitrogen and oxygen atoms in total. The van der Waals surface area contributed by atoms with E-state index in [4.69, 9.17) is 4.74 Å². The zero-order chi connectivity index (χ0) is 13.2. The van der Waals surface area contributed by atoms with Crippen molar-refractivity contribution in [2.45, 2.75) is 13.2 Å². The Hall–Kier alpha value is -2.30. The Balaban J connectivity index is 2.23. The van der Waals surface area contributed by atoms with Gasteiger partial charge in [-0.05, 0) is 11.6 Å². The predicted molar refractivity (Wildman–Crippen MR) is 64.1 cm³/mol. The van der Waals surface area contributed by atoms with Crippen LogP contribution in [0, 0.1) is 0 Å². The van der Waals surface area contributed by atoms with E-state index in [0.29, 0.717) is 0 Å². The first-order chi connectivity index (χ1) is 8.72. The third-order valence-corrected chi connectivity index (χ3v) is 1.88. The van der Waals surface area contributed by atoms with Crippen LogP contribution in [0.2, 0.25) is 0 Å². The summed E-state index contributed by atoms with van der Waals surface area (Å²) in [7, 11) is 0. The third-order valence-electron chi connectivity index (χ3n) is 1.88. The number of hydrogen-bond acceptors (Lipinski definition) is 5. The maximum Gasteiger partial charge on any atom is 0.511 e. The second-order valence-electron chi connectivity index (χ2n) is 3.26. The Morgan fingerprint density at radius 1 is 1.39 bits per heavy atom. The minimum atomic E-state index is -1.01. The van der Waals surface area contributed by atoms with Gasteiger partial charge in [0.1, 0.15) is 6.61 Å². The van der Waals surface area contributed by atoms with Gasteiger partial charge in [0, 0.05) is 6.92 Å². The van der Waals surface area contributed by atoms with E-state index in [1.807, 2.05) is 36.4 Å². The van der Waals surface area contributed by atoms with Crippen molar-refractivity contribution in [3.05, 3.63) is 42.0 Å². The number of carbonyl (C=O) groups excluding carboxylic acids is 2. The standard InChI is InChI=1S/C13H13O5/c1-11(17-10-14)18-13(15)16-9-5-8-12-6-3-2-4-7-12/h2-8,11H,9H2,1H3/b8-5+. The summed E-state index contributed by atoms with van der Waals surface area (Å²) in [6.45, 7) is 2.62. The normalized spacial score (nSPS) is 11.8. The van der Waals surface area contributed by atoms with Crippen molar-refractivity contribution in [2.24, 2.45) is 0 Å². The molecule has 1 radical (unpaired) electrons. The molecule has 0 saturated heterocycles. The van der Waals surface area contributed by atoms with E-state index in [2.05, 4.69) is 9.47 Å². The van der Waals surface area contributed by atoms with Gasteiger partial charge < -0.3 is 14.2 Å². The molecule has 0 N–H and O–H groups in total. The second kappa shape index (κ2) is 7.89. The largest absolute Gasteiger partial charge is 0.511 e. The molecule has 0 aliphatic rings. The monoisotopic (exact) mass is 249 g/mol. The van der Waals surface area contributed by atoms with Crippen LogP contribution < -0.4 is 0 Å². The fraction of sp³-hybridized carbons (Fsp3) is 0.231. The molecule has 0 aromatic heterocycles. The van der Waals surface area contributed by atoms with E-state index in [0.717, 1.165) is 12.0 Å². The highest BCUT2D eigenvalue weighted by molar-refractivity contribution is 5.60. The molecule has 1 aromatic rings. The predicted octanol–water partition coefficient (Wildman–Crippen LogP) is 2.28. The van der Waals surface area contributed by atoms with Gasteiger partial charge in [-0.15, -0.1) is 0 Å². The lowest BCUT2D eigenvalue weighted by Gasteiger charge is -2.09. The lowest BCUT2D eigenvalue weighted by atomic mass is 10.2. The topological polar surface area (TPSA) is 61.8 Å². The molecule has 95 valence electrons. The average Bonchev–Trinajstić information content (AvgIpc) is 2.36. The first kappa shape index (κ1) is 13.8. The summed E-state index contributed by atoms with van der Waals surface area (Å²) in [5.41, 5.74) is 1.00. The fourth-order valence-electron chi connectivity index (χ4n) is 1.13. The van der Waals surface area contributed by atoms with E-state index in [-0.39, 0.29) is 6.61 Å². The summed E-state index contributed by atoms with van der Waals surface area (Å²) in [5, 5.41) is 0. The van der Waals surface area contributed by atoms with E-state index >= 15 is 0 Å². The minimum Gasteiger partial charge on any atom is -0.430 e. The Morgan fingerprint density at radius 2 is 2.11 bits per heavy atom. The van der Waals surface area contributed by atoms with Gasteiger partial charge >= 0.3 is 12.6 Å². The Labute approximate surface area is 105 Å². The van der Waals surface area contributed by atoms with Crippen LogP contribution in [-0.4, -0.2) is 25.5 Å². The van der Waals surface area contributed by atoms with Gasteiger partial charge in [-0.1, -0.05) is 36.4 Å². The number of carbonyl (C=O) groups is 1. The Morgan fingerprint density at radius 3 is 2.78 bits per heavy atom. The number of benzene rings is 1. The van der Waals surface area contributed by atoms with Crippen molar-refractivity contribution in [3.63, 3.8) is 0 Å². The molecule has 1 rings (SSSR count). The van der Waals surface area contributed by atoms with Crippen LogP contribution in [0.15, 0.2) is 36.4 Å². The van der Waals surface area contributed by atoms with Crippen LogP contribution in [0.25, 0.3) is 6.08 Å². The van der Waals surface area contributed by atoms with Crippen molar-refractivity contribution in [3.8, 4) is 0 Å². The highest BCUT2D eigenvalue weighted by Crippen LogP contribution is 2.01. The number of ether oxygens (including phenoxy) is 3. The van der Waals surface area contributed by atoms with Gasteiger partial charge in [-0.25, -0.2) is 9.59 Å². The first-order valence-corrected chi connectivity index (χ1v) is 5.30. The van der Waals surface area contributed by atoms with Crippen LogP contribution in [0.3, 0.4) is 0 Å². The molecular formula is C13H13O5. The average molecular weight is 249 g/mol. The quantitative estimate of drug-likeness (QED) is 0.571. The van der Waals surface area contributed by atoms with Gasteiger partial charge in [0.05, 0.1) is 0 Å². The molecule has 0 aliphatic carbocycles. The van der Waals surface area contributed by atoms with Crippen LogP contribution in [0.4, 0.5) is 4.79 Å². The van der Waals surface area contributed by atoms with Gasteiger partial charge in [-0.3, -0.25) is 0 Å². The van der Waals surface area contributed by atoms with Crippen molar-refractivity contribution in [2.75, 3.05) is 6.61 Å². The zero-order valence-electron chi connectivity index (χ0n) is 9.87. The van der Waals surface area contributed by atoms with E-state index in [1.165, 1.54) is 6.92 Å². The van der Waals surface area contributed by atoms with E-state index in [1.54, 1.807) is 6.08 Å². The number of rotatable bonds is 6.